The van der Waals surface area contributed by atoms with E-state index in [1.54, 1.807) is 25.1 Å². The highest BCUT2D eigenvalue weighted by Gasteiger charge is 2.56. The lowest BCUT2D eigenvalue weighted by molar-refractivity contribution is -0.142. The minimum atomic E-state index is -4.30. The minimum Gasteiger partial charge on any atom is -0.466 e. The minimum absolute atomic E-state index is 0.0909. The van der Waals surface area contributed by atoms with Gasteiger partial charge in [-0.15, -0.1) is 0 Å². The molecule has 0 saturated carbocycles. The molecule has 3 rings (SSSR count). The first kappa shape index (κ1) is 28.1. The molecule has 5 atom stereocenters. The van der Waals surface area contributed by atoms with Gasteiger partial charge in [0, 0.05) is 17.7 Å². The molecule has 0 radical (unpaired) electrons. The number of benzene rings is 1. The van der Waals surface area contributed by atoms with Gasteiger partial charge in [0.2, 0.25) is 5.72 Å². The van der Waals surface area contributed by atoms with Crippen molar-refractivity contribution in [2.24, 2.45) is 5.11 Å². The number of aliphatic hydroxyl groups is 2. The highest BCUT2D eigenvalue weighted by Crippen LogP contribution is 2.47. The predicted octanol–water partition coefficient (Wildman–Crippen LogP) is 0.829. The van der Waals surface area contributed by atoms with Crippen molar-refractivity contribution in [2.45, 2.75) is 37.5 Å². The van der Waals surface area contributed by atoms with E-state index in [4.69, 9.17) is 29.8 Å². The number of hydrogen-bond donors (Lipinski definition) is 4. The molecule has 0 spiro atoms. The number of aromatic nitrogens is 2. The topological polar surface area (TPSA) is 233 Å². The van der Waals surface area contributed by atoms with Crippen molar-refractivity contribution < 1.29 is 38.1 Å². The molecule has 200 valence electrons. The molecule has 1 unspecified atom stereocenters. The van der Waals surface area contributed by atoms with Gasteiger partial charge in [0.05, 0.1) is 19.6 Å². The Balaban J connectivity index is 1.84. The third kappa shape index (κ3) is 6.84. The molecule has 1 aliphatic rings. The zero-order chi connectivity index (χ0) is 27.1. The van der Waals surface area contributed by atoms with Crippen LogP contribution in [0.4, 0.5) is 5.82 Å². The molecular formula is C20H26N7O9P. The lowest BCUT2D eigenvalue weighted by atomic mass is 10.1. The number of nitrogen functional groups attached to an aromatic ring is 1. The number of anilines is 1. The summed E-state index contributed by atoms with van der Waals surface area (Å²) in [6, 6.07) is 9.16. The van der Waals surface area contributed by atoms with Gasteiger partial charge < -0.3 is 29.9 Å². The van der Waals surface area contributed by atoms with Crippen LogP contribution in [-0.2, 0) is 23.4 Å². The number of azide groups is 1. The standard InChI is InChI=1S/C20H26N7O9P/c1-2-33-15(28)8-10-23-37(32,36-13-6-4-3-5-7-13)34-12-20(25-26-22)17(30)16(29)18(35-20)27-11-9-14(21)24-19(27)31/h3-7,9,11,16-18,29-30H,2,8,10,12H2,1H3,(H,23,32)(H2,21,24,31)/t16-,17+,18-,20-,37?/m1/s1. The smallest absolute Gasteiger partial charge is 0.458 e. The Labute approximate surface area is 210 Å². The molecule has 2 heterocycles. The summed E-state index contributed by atoms with van der Waals surface area (Å²) in [6.07, 6.45) is -4.28. The largest absolute Gasteiger partial charge is 0.466 e. The molecule has 1 saturated heterocycles. The fourth-order valence-corrected chi connectivity index (χ4v) is 4.70. The van der Waals surface area contributed by atoms with E-state index in [0.717, 1.165) is 4.57 Å². The van der Waals surface area contributed by atoms with Gasteiger partial charge in [-0.3, -0.25) is 13.9 Å². The van der Waals surface area contributed by atoms with Gasteiger partial charge in [-0.2, -0.15) is 4.98 Å². The fourth-order valence-electron chi connectivity index (χ4n) is 3.35. The number of nitrogens with two attached hydrogens (primary N) is 1. The molecule has 1 aliphatic heterocycles. The number of esters is 1. The zero-order valence-electron chi connectivity index (χ0n) is 19.6. The summed E-state index contributed by atoms with van der Waals surface area (Å²) >= 11 is 0. The maximum Gasteiger partial charge on any atom is 0.458 e. The number of rotatable bonds is 12. The Morgan fingerprint density at radius 3 is 2.76 bits per heavy atom. The van der Waals surface area contributed by atoms with Crippen molar-refractivity contribution in [3.05, 3.63) is 63.5 Å². The monoisotopic (exact) mass is 539 g/mol. The summed E-state index contributed by atoms with van der Waals surface area (Å²) < 4.78 is 35.7. The van der Waals surface area contributed by atoms with E-state index in [2.05, 4.69) is 20.1 Å². The number of hydrogen-bond acceptors (Lipinski definition) is 12. The van der Waals surface area contributed by atoms with Crippen molar-refractivity contribution in [3.8, 4) is 5.75 Å². The summed E-state index contributed by atoms with van der Waals surface area (Å²) in [5.74, 6) is -0.515. The number of nitrogens with zero attached hydrogens (tertiary/aromatic N) is 5. The number of carbonyl (C=O) groups is 1. The van der Waals surface area contributed by atoms with Crippen LogP contribution in [0, 0.1) is 0 Å². The summed E-state index contributed by atoms with van der Waals surface area (Å²) in [4.78, 5) is 30.1. The SMILES string of the molecule is CCOC(=O)CCNP(=O)(OC[C@@]1(N=[N+]=[N-])O[C@@H](n2ccc(N)nc2=O)[C@H](O)[C@@H]1O)Oc1ccccc1. The van der Waals surface area contributed by atoms with Gasteiger partial charge in [0.25, 0.3) is 0 Å². The Kier molecular flexibility index (Phi) is 9.23. The van der Waals surface area contributed by atoms with E-state index < -0.39 is 50.2 Å². The molecule has 1 aromatic carbocycles. The maximum absolute atomic E-state index is 13.5. The van der Waals surface area contributed by atoms with E-state index in [1.807, 2.05) is 0 Å². The van der Waals surface area contributed by atoms with Crippen LogP contribution >= 0.6 is 7.75 Å². The number of aliphatic hydroxyl groups excluding tert-OH is 2. The van der Waals surface area contributed by atoms with E-state index in [-0.39, 0.29) is 31.1 Å². The highest BCUT2D eigenvalue weighted by molar-refractivity contribution is 7.52. The molecule has 16 nitrogen and oxygen atoms in total. The van der Waals surface area contributed by atoms with Gasteiger partial charge in [-0.25, -0.2) is 14.4 Å². The molecule has 0 aliphatic carbocycles. The zero-order valence-corrected chi connectivity index (χ0v) is 20.5. The Morgan fingerprint density at radius 1 is 1.38 bits per heavy atom. The maximum atomic E-state index is 13.5. The van der Waals surface area contributed by atoms with Crippen molar-refractivity contribution in [1.29, 1.82) is 0 Å². The van der Waals surface area contributed by atoms with Gasteiger partial charge in [0.1, 0.15) is 23.8 Å². The van der Waals surface area contributed by atoms with Crippen LogP contribution < -0.4 is 21.0 Å². The van der Waals surface area contributed by atoms with Crippen molar-refractivity contribution in [3.63, 3.8) is 0 Å². The van der Waals surface area contributed by atoms with Crippen molar-refractivity contribution in [2.75, 3.05) is 25.5 Å². The van der Waals surface area contributed by atoms with Crippen molar-refractivity contribution >= 4 is 19.5 Å². The Morgan fingerprint density at radius 2 is 2.11 bits per heavy atom. The van der Waals surface area contributed by atoms with Gasteiger partial charge >= 0.3 is 19.4 Å². The first-order chi connectivity index (χ1) is 17.6. The first-order valence-corrected chi connectivity index (χ1v) is 12.5. The quantitative estimate of drug-likeness (QED) is 0.0965. The summed E-state index contributed by atoms with van der Waals surface area (Å²) in [5, 5.41) is 27.2. The second-order valence-corrected chi connectivity index (χ2v) is 9.41. The molecule has 37 heavy (non-hydrogen) atoms. The normalized spacial score (nSPS) is 24.6. The van der Waals surface area contributed by atoms with Crippen LogP contribution in [0.3, 0.4) is 0 Å². The Hall–Kier alpha value is -3.49. The van der Waals surface area contributed by atoms with Crippen molar-refractivity contribution in [1.82, 2.24) is 14.6 Å². The predicted molar refractivity (Wildman–Crippen MR) is 127 cm³/mol. The summed E-state index contributed by atoms with van der Waals surface area (Å²) in [5.41, 5.74) is 11.4. The highest BCUT2D eigenvalue weighted by atomic mass is 31.2. The number of carbonyl (C=O) groups excluding carboxylic acids is 1. The Bertz CT molecular complexity index is 1240. The van der Waals surface area contributed by atoms with E-state index in [1.165, 1.54) is 24.4 Å². The van der Waals surface area contributed by atoms with E-state index in [0.29, 0.717) is 0 Å². The summed E-state index contributed by atoms with van der Waals surface area (Å²) in [6.45, 7) is 0.724. The molecule has 17 heteroatoms. The van der Waals surface area contributed by atoms with Gasteiger partial charge in [-0.1, -0.05) is 23.3 Å². The lowest BCUT2D eigenvalue weighted by Crippen LogP contribution is -2.45. The van der Waals surface area contributed by atoms with Crippen LogP contribution in [0.5, 0.6) is 5.75 Å². The molecule has 0 amide bonds. The van der Waals surface area contributed by atoms with Crippen LogP contribution in [-0.4, -0.2) is 63.4 Å². The van der Waals surface area contributed by atoms with Crippen LogP contribution in [0.2, 0.25) is 0 Å². The molecule has 1 aromatic heterocycles. The first-order valence-electron chi connectivity index (χ1n) is 11.0. The van der Waals surface area contributed by atoms with Crippen LogP contribution in [0.1, 0.15) is 19.6 Å². The third-order valence-corrected chi connectivity index (χ3v) is 6.62. The fraction of sp³-hybridized carbons (Fsp3) is 0.450. The van der Waals surface area contributed by atoms with Gasteiger partial charge in [-0.05, 0) is 30.7 Å². The average Bonchev–Trinajstić information content (AvgIpc) is 3.09. The third-order valence-electron chi connectivity index (χ3n) is 5.09. The number of nitrogens with one attached hydrogen (secondary N) is 1. The lowest BCUT2D eigenvalue weighted by Gasteiger charge is -2.28. The van der Waals surface area contributed by atoms with Gasteiger partial charge in [0.15, 0.2) is 6.23 Å². The molecule has 1 fully saturated rings. The second-order valence-electron chi connectivity index (χ2n) is 7.66. The number of ether oxygens (including phenoxy) is 2. The summed E-state index contributed by atoms with van der Waals surface area (Å²) in [7, 11) is -4.30. The molecular weight excluding hydrogens is 513 g/mol. The molecule has 0 bridgehead atoms. The van der Waals surface area contributed by atoms with E-state index >= 15 is 0 Å². The van der Waals surface area contributed by atoms with Crippen LogP contribution in [0.25, 0.3) is 10.4 Å². The molecule has 2 aromatic rings. The van der Waals surface area contributed by atoms with Crippen LogP contribution in [0.15, 0.2) is 52.5 Å². The van der Waals surface area contributed by atoms with E-state index in [9.17, 15) is 24.4 Å². The molecule has 5 N–H and O–H groups in total. The second kappa shape index (κ2) is 12.2. The number of para-hydroxylation sites is 1. The average molecular weight is 539 g/mol.